The summed E-state index contributed by atoms with van der Waals surface area (Å²) in [6.45, 7) is 12.0. The zero-order valence-electron chi connectivity index (χ0n) is 16.3. The molecule has 0 unspecified atom stereocenters. The molecule has 1 aliphatic carbocycles. The van der Waals surface area contributed by atoms with Crippen LogP contribution in [-0.4, -0.2) is 11.6 Å². The van der Waals surface area contributed by atoms with E-state index in [2.05, 4.69) is 31.2 Å². The summed E-state index contributed by atoms with van der Waals surface area (Å²) < 4.78 is 5.26. The summed E-state index contributed by atoms with van der Waals surface area (Å²) in [4.78, 5) is 11.7. The van der Waals surface area contributed by atoms with Crippen LogP contribution in [-0.2, 0) is 9.53 Å². The minimum absolute atomic E-state index is 0.294. The highest BCUT2D eigenvalue weighted by Gasteiger charge is 2.19. The minimum atomic E-state index is -0.441. The molecule has 1 aromatic rings. The predicted octanol–water partition coefficient (Wildman–Crippen LogP) is 6.36. The van der Waals surface area contributed by atoms with Gasteiger partial charge in [-0.25, -0.2) is 4.79 Å². The van der Waals surface area contributed by atoms with Crippen molar-refractivity contribution in [2.45, 2.75) is 78.7 Å². The molecule has 0 saturated heterocycles. The van der Waals surface area contributed by atoms with E-state index in [4.69, 9.17) is 4.74 Å². The highest BCUT2D eigenvalue weighted by molar-refractivity contribution is 5.87. The molecule has 1 aromatic carbocycles. The van der Waals surface area contributed by atoms with Crippen molar-refractivity contribution in [1.82, 2.24) is 0 Å². The molecular weight excluding hydrogens is 296 g/mol. The van der Waals surface area contributed by atoms with Crippen LogP contribution in [0.15, 0.2) is 30.3 Å². The van der Waals surface area contributed by atoms with E-state index in [0.717, 1.165) is 11.5 Å². The molecule has 1 saturated carbocycles. The zero-order chi connectivity index (χ0) is 18.2. The molecule has 0 radical (unpaired) electrons. The van der Waals surface area contributed by atoms with Gasteiger partial charge in [-0.15, -0.1) is 0 Å². The third-order valence-corrected chi connectivity index (χ3v) is 4.24. The minimum Gasteiger partial charge on any atom is -0.457 e. The molecule has 0 bridgehead atoms. The lowest BCUT2D eigenvalue weighted by molar-refractivity contribution is -0.148. The monoisotopic (exact) mass is 330 g/mol. The Morgan fingerprint density at radius 3 is 2.08 bits per heavy atom. The third kappa shape index (κ3) is 7.33. The van der Waals surface area contributed by atoms with E-state index in [9.17, 15) is 4.79 Å². The van der Waals surface area contributed by atoms with Gasteiger partial charge >= 0.3 is 5.97 Å². The SMILES string of the molecule is CC.CC1CCC(c2ccc(/C=C/C(=O)OC(C)(C)C)cc2)CC1. The fourth-order valence-corrected chi connectivity index (χ4v) is 2.97. The quantitative estimate of drug-likeness (QED) is 0.476. The van der Waals surface area contributed by atoms with E-state index in [0.29, 0.717) is 5.92 Å². The maximum Gasteiger partial charge on any atom is 0.331 e. The Morgan fingerprint density at radius 2 is 1.58 bits per heavy atom. The fraction of sp³-hybridized carbons (Fsp3) is 0.591. The molecule has 2 heteroatoms. The van der Waals surface area contributed by atoms with Crippen LogP contribution in [0.25, 0.3) is 6.08 Å². The average Bonchev–Trinajstić information content (AvgIpc) is 2.55. The second kappa shape index (κ2) is 9.66. The zero-order valence-corrected chi connectivity index (χ0v) is 16.3. The normalized spacial score (nSPS) is 21.1. The topological polar surface area (TPSA) is 26.3 Å². The van der Waals surface area contributed by atoms with Crippen molar-refractivity contribution >= 4 is 12.0 Å². The van der Waals surface area contributed by atoms with Crippen molar-refractivity contribution < 1.29 is 9.53 Å². The molecular formula is C22H34O2. The van der Waals surface area contributed by atoms with E-state index in [1.807, 2.05) is 40.7 Å². The largest absolute Gasteiger partial charge is 0.457 e. The first kappa shape index (κ1) is 20.5. The molecule has 0 aliphatic heterocycles. The second-order valence-corrected chi connectivity index (χ2v) is 7.49. The summed E-state index contributed by atoms with van der Waals surface area (Å²) >= 11 is 0. The molecule has 0 heterocycles. The molecule has 0 aromatic heterocycles. The summed E-state index contributed by atoms with van der Waals surface area (Å²) in [5.41, 5.74) is 2.03. The van der Waals surface area contributed by atoms with E-state index in [1.165, 1.54) is 37.3 Å². The standard InChI is InChI=1S/C20H28O2.C2H6/c1-15-5-10-17(11-6-15)18-12-7-16(8-13-18)9-14-19(21)22-20(2,3)4;1-2/h7-9,12-15,17H,5-6,10-11H2,1-4H3;1-2H3/b14-9+;. The Labute approximate surface area is 148 Å². The number of carbonyl (C=O) groups excluding carboxylic acids is 1. The first-order valence-corrected chi connectivity index (χ1v) is 9.34. The Bertz CT molecular complexity index is 512. The number of esters is 1. The van der Waals surface area contributed by atoms with Crippen LogP contribution in [0.1, 0.15) is 84.3 Å². The van der Waals surface area contributed by atoms with Crippen LogP contribution < -0.4 is 0 Å². The Morgan fingerprint density at radius 1 is 1.04 bits per heavy atom. The van der Waals surface area contributed by atoms with Crippen LogP contribution in [0, 0.1) is 5.92 Å². The average molecular weight is 331 g/mol. The first-order chi connectivity index (χ1) is 11.3. The van der Waals surface area contributed by atoms with Gasteiger partial charge in [0.2, 0.25) is 0 Å². The van der Waals surface area contributed by atoms with Crippen molar-refractivity contribution in [3.05, 3.63) is 41.5 Å². The molecule has 1 fully saturated rings. The van der Waals surface area contributed by atoms with Crippen molar-refractivity contribution in [2.75, 3.05) is 0 Å². The van der Waals surface area contributed by atoms with E-state index in [-0.39, 0.29) is 5.97 Å². The molecule has 0 amide bonds. The highest BCUT2D eigenvalue weighted by atomic mass is 16.6. The molecule has 24 heavy (non-hydrogen) atoms. The summed E-state index contributed by atoms with van der Waals surface area (Å²) in [6.07, 6.45) is 8.60. The summed E-state index contributed by atoms with van der Waals surface area (Å²) in [6, 6.07) is 8.59. The summed E-state index contributed by atoms with van der Waals surface area (Å²) in [5, 5.41) is 0. The van der Waals surface area contributed by atoms with Gasteiger partial charge < -0.3 is 4.74 Å². The molecule has 0 spiro atoms. The number of hydrogen-bond acceptors (Lipinski definition) is 2. The number of rotatable bonds is 3. The maximum atomic E-state index is 11.7. The first-order valence-electron chi connectivity index (χ1n) is 9.34. The van der Waals surface area contributed by atoms with Gasteiger partial charge in [-0.3, -0.25) is 0 Å². The lowest BCUT2D eigenvalue weighted by atomic mass is 9.79. The number of carbonyl (C=O) groups is 1. The van der Waals surface area contributed by atoms with E-state index >= 15 is 0 Å². The Balaban J connectivity index is 0.00000139. The van der Waals surface area contributed by atoms with Gasteiger partial charge in [0.15, 0.2) is 0 Å². The van der Waals surface area contributed by atoms with Crippen molar-refractivity contribution in [2.24, 2.45) is 5.92 Å². The molecule has 0 atom stereocenters. The molecule has 0 N–H and O–H groups in total. The van der Waals surface area contributed by atoms with Gasteiger partial charge in [-0.2, -0.15) is 0 Å². The highest BCUT2D eigenvalue weighted by Crippen LogP contribution is 2.35. The van der Waals surface area contributed by atoms with Gasteiger partial charge in [0.05, 0.1) is 0 Å². The van der Waals surface area contributed by atoms with Crippen LogP contribution in [0.2, 0.25) is 0 Å². The number of benzene rings is 1. The van der Waals surface area contributed by atoms with Crippen LogP contribution in [0.4, 0.5) is 0 Å². The molecule has 134 valence electrons. The van der Waals surface area contributed by atoms with Crippen molar-refractivity contribution in [1.29, 1.82) is 0 Å². The summed E-state index contributed by atoms with van der Waals surface area (Å²) in [7, 11) is 0. The Kier molecular flexibility index (Phi) is 8.24. The lowest BCUT2D eigenvalue weighted by Gasteiger charge is -2.26. The van der Waals surface area contributed by atoms with Crippen LogP contribution >= 0.6 is 0 Å². The van der Waals surface area contributed by atoms with Gasteiger partial charge in [-0.1, -0.05) is 57.9 Å². The lowest BCUT2D eigenvalue weighted by Crippen LogP contribution is -2.22. The molecule has 1 aliphatic rings. The second-order valence-electron chi connectivity index (χ2n) is 7.49. The maximum absolute atomic E-state index is 11.7. The fourth-order valence-electron chi connectivity index (χ4n) is 2.97. The number of hydrogen-bond donors (Lipinski definition) is 0. The Hall–Kier alpha value is -1.57. The van der Waals surface area contributed by atoms with Gasteiger partial charge in [0, 0.05) is 6.08 Å². The van der Waals surface area contributed by atoms with Gasteiger partial charge in [0.25, 0.3) is 0 Å². The number of ether oxygens (including phenoxy) is 1. The van der Waals surface area contributed by atoms with Crippen LogP contribution in [0.3, 0.4) is 0 Å². The van der Waals surface area contributed by atoms with Crippen LogP contribution in [0.5, 0.6) is 0 Å². The van der Waals surface area contributed by atoms with Crippen molar-refractivity contribution in [3.63, 3.8) is 0 Å². The smallest absolute Gasteiger partial charge is 0.331 e. The predicted molar refractivity (Wildman–Crippen MR) is 103 cm³/mol. The van der Waals surface area contributed by atoms with Gasteiger partial charge in [-0.05, 0) is 62.7 Å². The van der Waals surface area contributed by atoms with Gasteiger partial charge in [0.1, 0.15) is 5.60 Å². The molecule has 2 nitrogen and oxygen atoms in total. The summed E-state index contributed by atoms with van der Waals surface area (Å²) in [5.74, 6) is 1.30. The van der Waals surface area contributed by atoms with Crippen molar-refractivity contribution in [3.8, 4) is 0 Å². The van der Waals surface area contributed by atoms with E-state index < -0.39 is 5.60 Å². The molecule has 2 rings (SSSR count). The third-order valence-electron chi connectivity index (χ3n) is 4.24. The van der Waals surface area contributed by atoms with E-state index in [1.54, 1.807) is 0 Å².